The molecule has 3 rings (SSSR count). The zero-order valence-electron chi connectivity index (χ0n) is 11.1. The van der Waals surface area contributed by atoms with E-state index >= 15 is 0 Å². The molecule has 21 heavy (non-hydrogen) atoms. The highest BCUT2D eigenvalue weighted by Crippen LogP contribution is 2.40. The molecule has 0 aromatic heterocycles. The van der Waals surface area contributed by atoms with Crippen LogP contribution in [-0.4, -0.2) is 33.8 Å². The Morgan fingerprint density at radius 2 is 2.14 bits per heavy atom. The Hall–Kier alpha value is -1.86. The van der Waals surface area contributed by atoms with Gasteiger partial charge in [0.05, 0.1) is 17.0 Å². The number of hydrogen-bond acceptors (Lipinski definition) is 5. The maximum absolute atomic E-state index is 12.0. The SMILES string of the molecule is O=C1CCC(N2Cc3c(C(=O)O)cccc3C2S)C(=O)N1. The fraction of sp³-hybridized carbons (Fsp3) is 0.357. The molecule has 0 saturated carbocycles. The van der Waals surface area contributed by atoms with Crippen LogP contribution in [0.1, 0.15) is 39.7 Å². The molecule has 2 amide bonds. The number of hydrogen-bond donors (Lipinski definition) is 3. The zero-order chi connectivity index (χ0) is 15.1. The second-order valence-corrected chi connectivity index (χ2v) is 5.68. The molecule has 0 spiro atoms. The highest BCUT2D eigenvalue weighted by Gasteiger charge is 2.40. The van der Waals surface area contributed by atoms with Gasteiger partial charge in [-0.05, 0) is 23.6 Å². The summed E-state index contributed by atoms with van der Waals surface area (Å²) >= 11 is 4.52. The van der Waals surface area contributed by atoms with Gasteiger partial charge in [0.25, 0.3) is 0 Å². The van der Waals surface area contributed by atoms with E-state index in [0.29, 0.717) is 18.5 Å². The average molecular weight is 306 g/mol. The van der Waals surface area contributed by atoms with Crippen LogP contribution in [0.25, 0.3) is 0 Å². The summed E-state index contributed by atoms with van der Waals surface area (Å²) in [5.41, 5.74) is 1.74. The third kappa shape index (κ3) is 2.32. The lowest BCUT2D eigenvalue weighted by atomic mass is 10.0. The third-order valence-corrected chi connectivity index (χ3v) is 4.56. The van der Waals surface area contributed by atoms with Crippen molar-refractivity contribution >= 4 is 30.4 Å². The lowest BCUT2D eigenvalue weighted by Crippen LogP contribution is -2.51. The minimum Gasteiger partial charge on any atom is -0.478 e. The maximum Gasteiger partial charge on any atom is 0.336 e. The molecule has 6 nitrogen and oxygen atoms in total. The van der Waals surface area contributed by atoms with Gasteiger partial charge in [-0.3, -0.25) is 19.8 Å². The predicted molar refractivity (Wildman–Crippen MR) is 76.8 cm³/mol. The van der Waals surface area contributed by atoms with Gasteiger partial charge in [0.1, 0.15) is 0 Å². The van der Waals surface area contributed by atoms with E-state index in [4.69, 9.17) is 0 Å². The van der Waals surface area contributed by atoms with Crippen LogP contribution in [0, 0.1) is 0 Å². The smallest absolute Gasteiger partial charge is 0.336 e. The molecule has 0 radical (unpaired) electrons. The normalized spacial score (nSPS) is 25.6. The van der Waals surface area contributed by atoms with Crippen LogP contribution in [0.2, 0.25) is 0 Å². The summed E-state index contributed by atoms with van der Waals surface area (Å²) in [4.78, 5) is 36.3. The van der Waals surface area contributed by atoms with E-state index in [1.165, 1.54) is 0 Å². The summed E-state index contributed by atoms with van der Waals surface area (Å²) in [6.07, 6.45) is 0.716. The van der Waals surface area contributed by atoms with E-state index in [1.54, 1.807) is 12.1 Å². The van der Waals surface area contributed by atoms with Crippen molar-refractivity contribution in [1.82, 2.24) is 10.2 Å². The second kappa shape index (κ2) is 5.16. The van der Waals surface area contributed by atoms with Gasteiger partial charge in [0, 0.05) is 13.0 Å². The van der Waals surface area contributed by atoms with Crippen molar-refractivity contribution in [2.45, 2.75) is 30.8 Å². The van der Waals surface area contributed by atoms with Crippen molar-refractivity contribution in [3.63, 3.8) is 0 Å². The highest BCUT2D eigenvalue weighted by molar-refractivity contribution is 7.80. The Morgan fingerprint density at radius 1 is 1.38 bits per heavy atom. The van der Waals surface area contributed by atoms with Crippen molar-refractivity contribution < 1.29 is 19.5 Å². The molecule has 0 aliphatic carbocycles. The number of nitrogens with one attached hydrogen (secondary N) is 1. The van der Waals surface area contributed by atoms with E-state index in [1.807, 2.05) is 11.0 Å². The van der Waals surface area contributed by atoms with Gasteiger partial charge in [-0.25, -0.2) is 4.79 Å². The minimum absolute atomic E-state index is 0.237. The summed E-state index contributed by atoms with van der Waals surface area (Å²) in [6, 6.07) is 4.60. The number of carbonyl (C=O) groups is 3. The first-order valence-electron chi connectivity index (χ1n) is 6.61. The van der Waals surface area contributed by atoms with Gasteiger partial charge in [-0.2, -0.15) is 12.6 Å². The number of fused-ring (bicyclic) bond motifs is 1. The van der Waals surface area contributed by atoms with Crippen molar-refractivity contribution in [2.75, 3.05) is 0 Å². The minimum atomic E-state index is -0.988. The van der Waals surface area contributed by atoms with E-state index in [0.717, 1.165) is 5.56 Å². The molecule has 1 aromatic carbocycles. The first-order chi connectivity index (χ1) is 9.99. The predicted octanol–water partition coefficient (Wildman–Crippen LogP) is 0.934. The number of aromatic carboxylic acids is 1. The monoisotopic (exact) mass is 306 g/mol. The van der Waals surface area contributed by atoms with E-state index in [2.05, 4.69) is 17.9 Å². The number of imide groups is 1. The number of amides is 2. The summed E-state index contributed by atoms with van der Waals surface area (Å²) < 4.78 is 0. The quantitative estimate of drug-likeness (QED) is 0.559. The molecule has 1 aromatic rings. The Morgan fingerprint density at radius 3 is 2.81 bits per heavy atom. The topological polar surface area (TPSA) is 86.7 Å². The lowest BCUT2D eigenvalue weighted by Gasteiger charge is -2.32. The van der Waals surface area contributed by atoms with E-state index < -0.39 is 12.0 Å². The summed E-state index contributed by atoms with van der Waals surface area (Å²) in [5.74, 6) is -1.60. The molecule has 2 aliphatic rings. The van der Waals surface area contributed by atoms with Crippen molar-refractivity contribution in [3.05, 3.63) is 34.9 Å². The Balaban J connectivity index is 1.92. The van der Waals surface area contributed by atoms with E-state index in [9.17, 15) is 19.5 Å². The van der Waals surface area contributed by atoms with Crippen LogP contribution >= 0.6 is 12.6 Å². The van der Waals surface area contributed by atoms with E-state index in [-0.39, 0.29) is 29.2 Å². The van der Waals surface area contributed by atoms with Gasteiger partial charge in [-0.1, -0.05) is 12.1 Å². The van der Waals surface area contributed by atoms with Crippen molar-refractivity contribution in [1.29, 1.82) is 0 Å². The van der Waals surface area contributed by atoms with Crippen LogP contribution in [0.3, 0.4) is 0 Å². The fourth-order valence-electron chi connectivity index (χ4n) is 2.95. The molecule has 1 saturated heterocycles. The Kier molecular flexibility index (Phi) is 3.46. The average Bonchev–Trinajstić information content (AvgIpc) is 2.76. The van der Waals surface area contributed by atoms with Crippen LogP contribution in [0.5, 0.6) is 0 Å². The Bertz CT molecular complexity index is 646. The fourth-order valence-corrected chi connectivity index (χ4v) is 3.43. The van der Waals surface area contributed by atoms with Gasteiger partial charge in [0.2, 0.25) is 11.8 Å². The maximum atomic E-state index is 12.0. The van der Waals surface area contributed by atoms with Gasteiger partial charge < -0.3 is 5.11 Å². The summed E-state index contributed by atoms with van der Waals surface area (Å²) in [5, 5.41) is 11.2. The number of rotatable bonds is 2. The molecule has 110 valence electrons. The largest absolute Gasteiger partial charge is 0.478 e. The van der Waals surface area contributed by atoms with Gasteiger partial charge >= 0.3 is 5.97 Å². The first-order valence-corrected chi connectivity index (χ1v) is 7.13. The lowest BCUT2D eigenvalue weighted by molar-refractivity contribution is -0.137. The molecule has 2 N–H and O–H groups in total. The number of carboxylic acids is 1. The molecule has 0 bridgehead atoms. The van der Waals surface area contributed by atoms with Crippen molar-refractivity contribution in [3.8, 4) is 0 Å². The van der Waals surface area contributed by atoms with Crippen LogP contribution in [-0.2, 0) is 16.1 Å². The second-order valence-electron chi connectivity index (χ2n) is 5.19. The number of benzene rings is 1. The van der Waals surface area contributed by atoms with Crippen LogP contribution < -0.4 is 5.32 Å². The van der Waals surface area contributed by atoms with Gasteiger partial charge in [-0.15, -0.1) is 0 Å². The first kappa shape index (κ1) is 14.1. The standard InChI is InChI=1S/C14H14N2O4S/c17-11-5-4-10(12(18)15-11)16-6-9-7(13(16)21)2-1-3-8(9)14(19)20/h1-3,10,13,21H,4-6H2,(H,19,20)(H,15,17,18). The molecule has 1 fully saturated rings. The Labute approximate surface area is 126 Å². The molecular formula is C14H14N2O4S. The zero-order valence-corrected chi connectivity index (χ0v) is 12.0. The number of carboxylic acid groups (broad SMARTS) is 1. The summed E-state index contributed by atoms with van der Waals surface area (Å²) in [7, 11) is 0. The molecule has 2 atom stereocenters. The van der Waals surface area contributed by atoms with Crippen molar-refractivity contribution in [2.24, 2.45) is 0 Å². The molecule has 2 heterocycles. The number of piperidine rings is 1. The number of thiol groups is 1. The summed E-state index contributed by atoms with van der Waals surface area (Å²) in [6.45, 7) is 0.345. The van der Waals surface area contributed by atoms with Crippen LogP contribution in [0.4, 0.5) is 0 Å². The number of nitrogens with zero attached hydrogens (tertiary/aromatic N) is 1. The molecule has 7 heteroatoms. The van der Waals surface area contributed by atoms with Crippen LogP contribution in [0.15, 0.2) is 18.2 Å². The third-order valence-electron chi connectivity index (χ3n) is 3.99. The highest BCUT2D eigenvalue weighted by atomic mass is 32.1. The van der Waals surface area contributed by atoms with Gasteiger partial charge in [0.15, 0.2) is 0 Å². The molecular weight excluding hydrogens is 292 g/mol. The number of carbonyl (C=O) groups excluding carboxylic acids is 2. The molecule has 2 unspecified atom stereocenters. The molecule has 2 aliphatic heterocycles.